The van der Waals surface area contributed by atoms with E-state index in [2.05, 4.69) is 237 Å². The summed E-state index contributed by atoms with van der Waals surface area (Å²) in [6, 6.07) is 86.2. The van der Waals surface area contributed by atoms with Crippen LogP contribution in [0.4, 0.5) is 0 Å². The molecule has 0 atom stereocenters. The Bertz CT molecular complexity index is 4780. The van der Waals surface area contributed by atoms with Crippen LogP contribution in [-0.2, 0) is 5.41 Å². The van der Waals surface area contributed by atoms with E-state index in [1.54, 1.807) is 22.7 Å². The van der Waals surface area contributed by atoms with Gasteiger partial charge in [0.25, 0.3) is 0 Å². The third-order valence-electron chi connectivity index (χ3n) is 16.2. The second-order valence-electron chi connectivity index (χ2n) is 20.0. The Balaban J connectivity index is 0.857. The van der Waals surface area contributed by atoms with Crippen LogP contribution in [0.2, 0.25) is 0 Å². The number of benzene rings is 11. The third-order valence-corrected chi connectivity index (χ3v) is 18.5. The number of fused-ring (bicyclic) bond motifs is 19. The summed E-state index contributed by atoms with van der Waals surface area (Å²) in [5, 5.41) is 6.67. The largest absolute Gasteiger partial charge is 0.456 e. The SMILES string of the molecule is c1cc(-c2ccc3oc4cccc(-c5nc(-c6cccc7sc8ccccc8c67)nc(-c6cccc7sc8ccccc8c67)n5)c4c3c2)cc(-c2cccc3c2C2(c4ccccc4-c4ccccc42)c2ccccc2-3)c1. The summed E-state index contributed by atoms with van der Waals surface area (Å²) < 4.78 is 11.6. The van der Waals surface area contributed by atoms with Crippen LogP contribution in [0, 0.1) is 0 Å². The van der Waals surface area contributed by atoms with Crippen LogP contribution in [0.5, 0.6) is 0 Å². The molecule has 0 saturated carbocycles. The van der Waals surface area contributed by atoms with Gasteiger partial charge in [-0.15, -0.1) is 22.7 Å². The number of hydrogen-bond donors (Lipinski definition) is 0. The molecule has 0 saturated heterocycles. The van der Waals surface area contributed by atoms with Crippen LogP contribution in [0.3, 0.4) is 0 Å². The molecule has 0 aliphatic heterocycles. The van der Waals surface area contributed by atoms with Gasteiger partial charge < -0.3 is 4.42 Å². The Morgan fingerprint density at radius 3 is 1.34 bits per heavy atom. The highest BCUT2D eigenvalue weighted by atomic mass is 32.1. The summed E-state index contributed by atoms with van der Waals surface area (Å²) in [4.78, 5) is 16.4. The second-order valence-corrected chi connectivity index (χ2v) is 22.2. The van der Waals surface area contributed by atoms with Gasteiger partial charge >= 0.3 is 0 Å². The van der Waals surface area contributed by atoms with E-state index in [-0.39, 0.29) is 0 Å². The molecule has 352 valence electrons. The van der Waals surface area contributed by atoms with Gasteiger partial charge in [0.2, 0.25) is 0 Å². The monoisotopic (exact) mass is 1000 g/mol. The minimum atomic E-state index is -0.459. The summed E-state index contributed by atoms with van der Waals surface area (Å²) in [6.45, 7) is 0. The Morgan fingerprint density at radius 2 is 0.724 bits per heavy atom. The van der Waals surface area contributed by atoms with Crippen molar-refractivity contribution in [1.82, 2.24) is 15.0 Å². The first-order valence-electron chi connectivity index (χ1n) is 25.7. The summed E-state index contributed by atoms with van der Waals surface area (Å²) >= 11 is 3.60. The van der Waals surface area contributed by atoms with Crippen LogP contribution in [0.1, 0.15) is 22.3 Å². The maximum atomic E-state index is 6.74. The van der Waals surface area contributed by atoms with Crippen molar-refractivity contribution < 1.29 is 4.42 Å². The zero-order valence-electron chi connectivity index (χ0n) is 40.6. The van der Waals surface area contributed by atoms with E-state index in [1.807, 2.05) is 0 Å². The average Bonchev–Trinajstić information content (AvgIpc) is 4.34. The standard InChI is InChI=1S/C70H39N3OS2/c1-6-28-54-44(18-1)45-19-2-7-29-55(45)70(54)56-30-8-3-20-46(56)47-24-12-23-43(66(47)70)42-17-11-16-40(38-42)41-36-37-57-53(39-41)63-50(25-13-31-58(63)74-57)67-71-68(51-26-14-34-61-64(51)48-21-4-9-32-59(48)75-61)73-69(72-67)52-27-15-35-62-65(52)49-22-5-10-33-60(49)76-62/h1-39H. The normalized spacial score (nSPS) is 13.1. The van der Waals surface area contributed by atoms with E-state index in [0.717, 1.165) is 60.5 Å². The minimum Gasteiger partial charge on any atom is -0.456 e. The zero-order chi connectivity index (χ0) is 49.6. The number of nitrogens with zero attached hydrogens (tertiary/aromatic N) is 3. The van der Waals surface area contributed by atoms with E-state index in [4.69, 9.17) is 19.4 Å². The summed E-state index contributed by atoms with van der Waals surface area (Å²) in [5.41, 5.74) is 19.1. The quantitative estimate of drug-likeness (QED) is 0.172. The first kappa shape index (κ1) is 42.1. The average molecular weight is 1000 g/mol. The Hall–Kier alpha value is -9.33. The molecule has 2 aliphatic rings. The second kappa shape index (κ2) is 15.8. The summed E-state index contributed by atoms with van der Waals surface area (Å²) in [5.74, 6) is 1.86. The first-order valence-corrected chi connectivity index (χ1v) is 27.4. The molecule has 4 nitrogen and oxygen atoms in total. The molecule has 15 aromatic rings. The molecule has 4 aromatic heterocycles. The van der Waals surface area contributed by atoms with Crippen molar-refractivity contribution in [2.24, 2.45) is 0 Å². The number of thiophene rings is 2. The Labute approximate surface area is 444 Å². The number of hydrogen-bond acceptors (Lipinski definition) is 6. The molecule has 2 aliphatic carbocycles. The van der Waals surface area contributed by atoms with Crippen molar-refractivity contribution in [2.75, 3.05) is 0 Å². The molecule has 0 fully saturated rings. The minimum absolute atomic E-state index is 0.459. The van der Waals surface area contributed by atoms with Gasteiger partial charge in [0.05, 0.1) is 5.41 Å². The molecular weight excluding hydrogens is 963 g/mol. The third kappa shape index (κ3) is 5.80. The van der Waals surface area contributed by atoms with Crippen molar-refractivity contribution >= 4 is 85.0 Å². The fourth-order valence-electron chi connectivity index (χ4n) is 13.1. The summed E-state index contributed by atoms with van der Waals surface area (Å²) in [6.07, 6.45) is 0. The highest BCUT2D eigenvalue weighted by Gasteiger charge is 2.52. The lowest BCUT2D eigenvalue weighted by molar-refractivity contribution is 0.669. The predicted molar refractivity (Wildman–Crippen MR) is 316 cm³/mol. The van der Waals surface area contributed by atoms with Crippen LogP contribution < -0.4 is 0 Å². The van der Waals surface area contributed by atoms with Gasteiger partial charge in [0.15, 0.2) is 17.5 Å². The maximum Gasteiger partial charge on any atom is 0.164 e. The van der Waals surface area contributed by atoms with E-state index < -0.39 is 5.41 Å². The van der Waals surface area contributed by atoms with E-state index in [9.17, 15) is 0 Å². The fourth-order valence-corrected chi connectivity index (χ4v) is 15.4. The van der Waals surface area contributed by atoms with Gasteiger partial charge in [-0.05, 0) is 115 Å². The lowest BCUT2D eigenvalue weighted by Gasteiger charge is -2.32. The molecule has 0 radical (unpaired) electrons. The maximum absolute atomic E-state index is 6.74. The predicted octanol–water partition coefficient (Wildman–Crippen LogP) is 19.2. The molecule has 6 heteroatoms. The molecule has 4 heterocycles. The van der Waals surface area contributed by atoms with Gasteiger partial charge in [0, 0.05) is 67.8 Å². The number of aromatic nitrogens is 3. The first-order chi connectivity index (χ1) is 37.7. The molecule has 11 aromatic carbocycles. The van der Waals surface area contributed by atoms with Crippen molar-refractivity contribution in [1.29, 1.82) is 0 Å². The van der Waals surface area contributed by atoms with Crippen LogP contribution in [0.15, 0.2) is 241 Å². The van der Waals surface area contributed by atoms with Gasteiger partial charge in [-0.25, -0.2) is 15.0 Å². The number of furan rings is 1. The molecular formula is C70H39N3OS2. The molecule has 1 spiro atoms. The van der Waals surface area contributed by atoms with Gasteiger partial charge in [-0.2, -0.15) is 0 Å². The highest BCUT2D eigenvalue weighted by Crippen LogP contribution is 2.64. The van der Waals surface area contributed by atoms with Gasteiger partial charge in [0.1, 0.15) is 11.2 Å². The zero-order valence-corrected chi connectivity index (χ0v) is 42.2. The Kier molecular flexibility index (Phi) is 8.77. The molecule has 76 heavy (non-hydrogen) atoms. The van der Waals surface area contributed by atoms with E-state index in [1.165, 1.54) is 85.2 Å². The smallest absolute Gasteiger partial charge is 0.164 e. The summed E-state index contributed by atoms with van der Waals surface area (Å²) in [7, 11) is 0. The van der Waals surface area contributed by atoms with Crippen molar-refractivity contribution in [3.05, 3.63) is 259 Å². The Morgan fingerprint density at radius 1 is 0.289 bits per heavy atom. The van der Waals surface area contributed by atoms with Gasteiger partial charge in [-0.3, -0.25) is 0 Å². The molecule has 0 unspecified atom stereocenters. The lowest BCUT2D eigenvalue weighted by Crippen LogP contribution is -2.26. The fraction of sp³-hybridized carbons (Fsp3) is 0.0143. The van der Waals surface area contributed by atoms with E-state index >= 15 is 0 Å². The highest BCUT2D eigenvalue weighted by molar-refractivity contribution is 7.26. The molecule has 0 bridgehead atoms. The topological polar surface area (TPSA) is 51.8 Å². The van der Waals surface area contributed by atoms with Crippen molar-refractivity contribution in [3.8, 4) is 78.7 Å². The van der Waals surface area contributed by atoms with Crippen LogP contribution in [0.25, 0.3) is 141 Å². The van der Waals surface area contributed by atoms with Gasteiger partial charge in [-0.1, -0.05) is 188 Å². The van der Waals surface area contributed by atoms with Crippen molar-refractivity contribution in [3.63, 3.8) is 0 Å². The lowest BCUT2D eigenvalue weighted by atomic mass is 9.68. The van der Waals surface area contributed by atoms with Crippen molar-refractivity contribution in [2.45, 2.75) is 5.41 Å². The number of rotatable bonds is 5. The molecule has 0 N–H and O–H groups in total. The molecule has 17 rings (SSSR count). The molecule has 0 amide bonds. The van der Waals surface area contributed by atoms with Crippen LogP contribution >= 0.6 is 22.7 Å². The van der Waals surface area contributed by atoms with E-state index in [0.29, 0.717) is 17.5 Å². The van der Waals surface area contributed by atoms with Crippen LogP contribution in [-0.4, -0.2) is 15.0 Å².